The lowest BCUT2D eigenvalue weighted by atomic mass is 10.0. The third kappa shape index (κ3) is 2.54. The number of fused-ring (bicyclic) bond motifs is 1. The summed E-state index contributed by atoms with van der Waals surface area (Å²) in [5.41, 5.74) is 10.9. The van der Waals surface area contributed by atoms with Crippen molar-refractivity contribution in [3.8, 4) is 0 Å². The van der Waals surface area contributed by atoms with Crippen LogP contribution >= 0.6 is 0 Å². The number of nitrogens with zero attached hydrogens (tertiary/aromatic N) is 3. The van der Waals surface area contributed by atoms with Crippen LogP contribution in [0.25, 0.3) is 11.0 Å². The first kappa shape index (κ1) is 13.8. The van der Waals surface area contributed by atoms with Crippen LogP contribution in [0.2, 0.25) is 0 Å². The smallest absolute Gasteiger partial charge is 0.111 e. The van der Waals surface area contributed by atoms with E-state index in [2.05, 4.69) is 22.5 Å². The van der Waals surface area contributed by atoms with Crippen molar-refractivity contribution >= 4 is 11.0 Å². The number of imidazole rings is 1. The first-order valence-corrected chi connectivity index (χ1v) is 7.31. The normalized spacial score (nSPS) is 12.7. The molecule has 0 fully saturated rings. The average Bonchev–Trinajstić information content (AvgIpc) is 2.84. The Morgan fingerprint density at radius 2 is 2.05 bits per heavy atom. The fourth-order valence-corrected chi connectivity index (χ4v) is 2.84. The van der Waals surface area contributed by atoms with Crippen molar-refractivity contribution in [3.05, 3.63) is 59.7 Å². The van der Waals surface area contributed by atoms with E-state index in [4.69, 9.17) is 10.7 Å². The molecule has 3 aromatic rings. The number of hydrogen-bond acceptors (Lipinski definition) is 3. The Balaban J connectivity index is 1.96. The second kappa shape index (κ2) is 5.66. The van der Waals surface area contributed by atoms with E-state index in [0.29, 0.717) is 0 Å². The van der Waals surface area contributed by atoms with Crippen LogP contribution in [0.5, 0.6) is 0 Å². The van der Waals surface area contributed by atoms with Gasteiger partial charge in [-0.05, 0) is 43.2 Å². The van der Waals surface area contributed by atoms with Crippen molar-refractivity contribution in [1.82, 2.24) is 14.5 Å². The molecular formula is C17H20N4. The largest absolute Gasteiger partial charge is 0.328 e. The number of nitrogens with two attached hydrogens (primary N) is 1. The van der Waals surface area contributed by atoms with Gasteiger partial charge in [-0.2, -0.15) is 0 Å². The van der Waals surface area contributed by atoms with Crippen molar-refractivity contribution in [3.63, 3.8) is 0 Å². The van der Waals surface area contributed by atoms with E-state index in [9.17, 15) is 0 Å². The second-order valence-electron chi connectivity index (χ2n) is 5.30. The highest BCUT2D eigenvalue weighted by Gasteiger charge is 2.15. The molecule has 2 heterocycles. The van der Waals surface area contributed by atoms with Crippen LogP contribution in [0.15, 0.2) is 42.7 Å². The Kier molecular flexibility index (Phi) is 3.71. The molecule has 2 N–H and O–H groups in total. The van der Waals surface area contributed by atoms with Gasteiger partial charge in [0.1, 0.15) is 5.82 Å². The summed E-state index contributed by atoms with van der Waals surface area (Å²) in [6, 6.07) is 10.2. The maximum absolute atomic E-state index is 6.39. The van der Waals surface area contributed by atoms with Gasteiger partial charge in [0, 0.05) is 31.4 Å². The second-order valence-corrected chi connectivity index (χ2v) is 5.30. The van der Waals surface area contributed by atoms with Gasteiger partial charge in [0.15, 0.2) is 0 Å². The maximum Gasteiger partial charge on any atom is 0.111 e. The summed E-state index contributed by atoms with van der Waals surface area (Å²) in [6.07, 6.45) is 4.39. The number of rotatable bonds is 4. The van der Waals surface area contributed by atoms with Gasteiger partial charge in [-0.25, -0.2) is 4.98 Å². The number of pyridine rings is 1. The number of para-hydroxylation sites is 2. The van der Waals surface area contributed by atoms with Crippen molar-refractivity contribution < 1.29 is 0 Å². The molecule has 0 saturated carbocycles. The fourth-order valence-electron chi connectivity index (χ4n) is 2.84. The SMILES string of the molecule is CCn1c(CC(N)c2ccncc2C)nc2ccccc21. The molecule has 2 aromatic heterocycles. The molecule has 108 valence electrons. The first-order chi connectivity index (χ1) is 10.2. The molecule has 1 aromatic carbocycles. The van der Waals surface area contributed by atoms with Crippen LogP contribution < -0.4 is 5.73 Å². The van der Waals surface area contributed by atoms with Gasteiger partial charge < -0.3 is 10.3 Å². The van der Waals surface area contributed by atoms with E-state index in [0.717, 1.165) is 35.4 Å². The van der Waals surface area contributed by atoms with Crippen molar-refractivity contribution in [2.45, 2.75) is 32.9 Å². The Bertz CT molecular complexity index is 760. The summed E-state index contributed by atoms with van der Waals surface area (Å²) in [5.74, 6) is 1.04. The van der Waals surface area contributed by atoms with Crippen LogP contribution in [-0.2, 0) is 13.0 Å². The number of hydrogen-bond donors (Lipinski definition) is 1. The first-order valence-electron chi connectivity index (χ1n) is 7.31. The molecule has 1 unspecified atom stereocenters. The summed E-state index contributed by atoms with van der Waals surface area (Å²) < 4.78 is 2.24. The fraction of sp³-hybridized carbons (Fsp3) is 0.294. The molecule has 0 amide bonds. The molecular weight excluding hydrogens is 260 g/mol. The highest BCUT2D eigenvalue weighted by molar-refractivity contribution is 5.75. The van der Waals surface area contributed by atoms with Gasteiger partial charge in [-0.15, -0.1) is 0 Å². The molecule has 0 saturated heterocycles. The number of aryl methyl sites for hydroxylation is 2. The standard InChI is InChI=1S/C17H20N4/c1-3-21-16-7-5-4-6-15(16)20-17(21)10-14(18)13-8-9-19-11-12(13)2/h4-9,11,14H,3,10,18H2,1-2H3. The third-order valence-corrected chi connectivity index (χ3v) is 3.92. The van der Waals surface area contributed by atoms with E-state index in [-0.39, 0.29) is 6.04 Å². The third-order valence-electron chi connectivity index (χ3n) is 3.92. The molecule has 0 spiro atoms. The van der Waals surface area contributed by atoms with Gasteiger partial charge in [-0.1, -0.05) is 12.1 Å². The van der Waals surface area contributed by atoms with E-state index in [1.165, 1.54) is 5.52 Å². The van der Waals surface area contributed by atoms with Crippen molar-refractivity contribution in [2.24, 2.45) is 5.73 Å². The molecule has 21 heavy (non-hydrogen) atoms. The lowest BCUT2D eigenvalue weighted by Crippen LogP contribution is -2.17. The van der Waals surface area contributed by atoms with Crippen LogP contribution in [-0.4, -0.2) is 14.5 Å². The van der Waals surface area contributed by atoms with Crippen LogP contribution in [0, 0.1) is 6.92 Å². The molecule has 0 radical (unpaired) electrons. The minimum atomic E-state index is -0.0601. The Morgan fingerprint density at radius 1 is 1.24 bits per heavy atom. The summed E-state index contributed by atoms with van der Waals surface area (Å²) in [4.78, 5) is 8.87. The molecule has 0 bridgehead atoms. The Hall–Kier alpha value is -2.20. The molecule has 1 atom stereocenters. The topological polar surface area (TPSA) is 56.7 Å². The van der Waals surface area contributed by atoms with Gasteiger partial charge in [0.25, 0.3) is 0 Å². The summed E-state index contributed by atoms with van der Waals surface area (Å²) in [6.45, 7) is 5.09. The highest BCUT2D eigenvalue weighted by Crippen LogP contribution is 2.22. The van der Waals surface area contributed by atoms with Gasteiger partial charge in [0.05, 0.1) is 11.0 Å². The molecule has 3 rings (SSSR count). The molecule has 0 aliphatic heterocycles. The maximum atomic E-state index is 6.39. The number of aromatic nitrogens is 3. The predicted octanol–water partition coefficient (Wildman–Crippen LogP) is 3.00. The van der Waals surface area contributed by atoms with E-state index in [1.54, 1.807) is 6.20 Å². The van der Waals surface area contributed by atoms with E-state index >= 15 is 0 Å². The minimum absolute atomic E-state index is 0.0601. The highest BCUT2D eigenvalue weighted by atomic mass is 15.1. The lowest BCUT2D eigenvalue weighted by molar-refractivity contribution is 0.634. The Labute approximate surface area is 124 Å². The Morgan fingerprint density at radius 3 is 2.81 bits per heavy atom. The van der Waals surface area contributed by atoms with Crippen LogP contribution in [0.1, 0.15) is 29.9 Å². The zero-order valence-corrected chi connectivity index (χ0v) is 12.5. The van der Waals surface area contributed by atoms with Gasteiger partial charge in [0.2, 0.25) is 0 Å². The lowest BCUT2D eigenvalue weighted by Gasteiger charge is -2.15. The predicted molar refractivity (Wildman–Crippen MR) is 85.0 cm³/mol. The van der Waals surface area contributed by atoms with Crippen LogP contribution in [0.3, 0.4) is 0 Å². The molecule has 4 heteroatoms. The van der Waals surface area contributed by atoms with Crippen molar-refractivity contribution in [2.75, 3.05) is 0 Å². The average molecular weight is 280 g/mol. The van der Waals surface area contributed by atoms with Crippen LogP contribution in [0.4, 0.5) is 0 Å². The van der Waals surface area contributed by atoms with Crippen molar-refractivity contribution in [1.29, 1.82) is 0 Å². The summed E-state index contributed by atoms with van der Waals surface area (Å²) in [5, 5.41) is 0. The van der Waals surface area contributed by atoms with E-state index < -0.39 is 0 Å². The molecule has 0 aliphatic carbocycles. The van der Waals surface area contributed by atoms with Gasteiger partial charge in [-0.3, -0.25) is 4.98 Å². The van der Waals surface area contributed by atoms with E-state index in [1.807, 2.05) is 37.4 Å². The number of benzene rings is 1. The minimum Gasteiger partial charge on any atom is -0.328 e. The monoisotopic (exact) mass is 280 g/mol. The quantitative estimate of drug-likeness (QED) is 0.799. The zero-order chi connectivity index (χ0) is 14.8. The zero-order valence-electron chi connectivity index (χ0n) is 12.5. The summed E-state index contributed by atoms with van der Waals surface area (Å²) >= 11 is 0. The molecule has 4 nitrogen and oxygen atoms in total. The van der Waals surface area contributed by atoms with Gasteiger partial charge >= 0.3 is 0 Å². The molecule has 0 aliphatic rings. The summed E-state index contributed by atoms with van der Waals surface area (Å²) in [7, 11) is 0.